The van der Waals surface area contributed by atoms with Crippen LogP contribution in [0.1, 0.15) is 25.7 Å². The standard InChI is InChI=1S/C7H11N3O3/c8-10-9-5-3-1-2-4-7(5,13)6(11)12/h5,13H,1-4H2,(H,11,12). The van der Waals surface area contributed by atoms with Crippen LogP contribution < -0.4 is 0 Å². The molecule has 2 N–H and O–H groups in total. The molecule has 0 spiro atoms. The van der Waals surface area contributed by atoms with Crippen molar-refractivity contribution in [3.05, 3.63) is 10.4 Å². The number of aliphatic hydroxyl groups is 1. The topological polar surface area (TPSA) is 106 Å². The molecule has 0 saturated heterocycles. The van der Waals surface area contributed by atoms with Crippen LogP contribution in [0.3, 0.4) is 0 Å². The summed E-state index contributed by atoms with van der Waals surface area (Å²) in [4.78, 5) is 13.3. The van der Waals surface area contributed by atoms with Crippen LogP contribution in [0, 0.1) is 0 Å². The molecule has 0 aromatic rings. The predicted octanol–water partition coefficient (Wildman–Crippen LogP) is 1.05. The number of carbonyl (C=O) groups is 1. The highest BCUT2D eigenvalue weighted by Gasteiger charge is 2.45. The maximum absolute atomic E-state index is 10.7. The molecule has 6 heteroatoms. The van der Waals surface area contributed by atoms with Gasteiger partial charge in [-0.15, -0.1) is 0 Å². The molecule has 0 amide bonds. The molecule has 0 radical (unpaired) electrons. The van der Waals surface area contributed by atoms with E-state index in [1.165, 1.54) is 0 Å². The summed E-state index contributed by atoms with van der Waals surface area (Å²) in [5.41, 5.74) is 6.33. The van der Waals surface area contributed by atoms with Crippen molar-refractivity contribution in [2.45, 2.75) is 37.3 Å². The third-order valence-corrected chi connectivity index (χ3v) is 2.40. The normalized spacial score (nSPS) is 33.5. The van der Waals surface area contributed by atoms with Crippen LogP contribution in [0.4, 0.5) is 0 Å². The lowest BCUT2D eigenvalue weighted by Gasteiger charge is -2.33. The van der Waals surface area contributed by atoms with E-state index in [-0.39, 0.29) is 6.42 Å². The van der Waals surface area contributed by atoms with Crippen LogP contribution in [0.15, 0.2) is 5.11 Å². The molecule has 72 valence electrons. The van der Waals surface area contributed by atoms with Crippen molar-refractivity contribution in [3.63, 3.8) is 0 Å². The SMILES string of the molecule is [N-]=[N+]=NC1CCCCC1(O)C(=O)O. The van der Waals surface area contributed by atoms with Gasteiger partial charge in [-0.25, -0.2) is 4.79 Å². The van der Waals surface area contributed by atoms with Gasteiger partial charge in [0.05, 0.1) is 6.04 Å². The van der Waals surface area contributed by atoms with Crippen molar-refractivity contribution in [2.75, 3.05) is 0 Å². The molecule has 1 aliphatic rings. The fourth-order valence-electron chi connectivity index (χ4n) is 1.60. The van der Waals surface area contributed by atoms with E-state index < -0.39 is 17.6 Å². The van der Waals surface area contributed by atoms with Crippen LogP contribution in [0.25, 0.3) is 10.4 Å². The highest BCUT2D eigenvalue weighted by atomic mass is 16.4. The molecule has 0 bridgehead atoms. The fraction of sp³-hybridized carbons (Fsp3) is 0.857. The maximum Gasteiger partial charge on any atom is 0.336 e. The number of carboxylic acids is 1. The Hall–Kier alpha value is -1.26. The Morgan fingerprint density at radius 2 is 2.31 bits per heavy atom. The molecular weight excluding hydrogens is 174 g/mol. The van der Waals surface area contributed by atoms with Gasteiger partial charge >= 0.3 is 5.97 Å². The first-order chi connectivity index (χ1) is 6.11. The van der Waals surface area contributed by atoms with Crippen molar-refractivity contribution < 1.29 is 15.0 Å². The van der Waals surface area contributed by atoms with Crippen LogP contribution in [0.2, 0.25) is 0 Å². The van der Waals surface area contributed by atoms with E-state index in [1.807, 2.05) is 0 Å². The summed E-state index contributed by atoms with van der Waals surface area (Å²) in [6.07, 6.45) is 2.04. The lowest BCUT2D eigenvalue weighted by Crippen LogP contribution is -2.50. The average molecular weight is 185 g/mol. The van der Waals surface area contributed by atoms with E-state index in [2.05, 4.69) is 10.0 Å². The Balaban J connectivity index is 2.89. The van der Waals surface area contributed by atoms with E-state index in [9.17, 15) is 9.90 Å². The zero-order chi connectivity index (χ0) is 9.90. The van der Waals surface area contributed by atoms with Crippen LogP contribution in [-0.2, 0) is 4.79 Å². The second kappa shape index (κ2) is 3.64. The van der Waals surface area contributed by atoms with Crippen molar-refractivity contribution in [1.82, 2.24) is 0 Å². The van der Waals surface area contributed by atoms with E-state index in [4.69, 9.17) is 10.6 Å². The Bertz CT molecular complexity index is 262. The van der Waals surface area contributed by atoms with Gasteiger partial charge in [-0.2, -0.15) is 0 Å². The summed E-state index contributed by atoms with van der Waals surface area (Å²) in [5, 5.41) is 21.7. The van der Waals surface area contributed by atoms with Gasteiger partial charge in [-0.1, -0.05) is 11.5 Å². The Labute approximate surface area is 74.8 Å². The molecule has 1 aliphatic carbocycles. The molecule has 0 aliphatic heterocycles. The molecule has 1 rings (SSSR count). The maximum atomic E-state index is 10.7. The molecule has 6 nitrogen and oxygen atoms in total. The van der Waals surface area contributed by atoms with Gasteiger partial charge in [0.1, 0.15) is 0 Å². The molecule has 2 unspecified atom stereocenters. The Morgan fingerprint density at radius 1 is 1.62 bits per heavy atom. The second-order valence-electron chi connectivity index (χ2n) is 3.20. The van der Waals surface area contributed by atoms with Crippen LogP contribution in [0.5, 0.6) is 0 Å². The number of hydrogen-bond donors (Lipinski definition) is 2. The summed E-state index contributed by atoms with van der Waals surface area (Å²) in [6, 6.07) is -0.830. The first-order valence-electron chi connectivity index (χ1n) is 4.11. The number of azide groups is 1. The molecular formula is C7H11N3O3. The molecule has 13 heavy (non-hydrogen) atoms. The minimum atomic E-state index is -1.86. The first kappa shape index (κ1) is 9.83. The monoisotopic (exact) mass is 185 g/mol. The van der Waals surface area contributed by atoms with Gasteiger partial charge in [-0.05, 0) is 24.8 Å². The third kappa shape index (κ3) is 1.74. The summed E-state index contributed by atoms with van der Waals surface area (Å²) >= 11 is 0. The van der Waals surface area contributed by atoms with Crippen molar-refractivity contribution in [3.8, 4) is 0 Å². The van der Waals surface area contributed by atoms with E-state index >= 15 is 0 Å². The quantitative estimate of drug-likeness (QED) is 0.381. The summed E-state index contributed by atoms with van der Waals surface area (Å²) in [7, 11) is 0. The lowest BCUT2D eigenvalue weighted by molar-refractivity contribution is -0.163. The molecule has 2 atom stereocenters. The number of carboxylic acid groups (broad SMARTS) is 1. The van der Waals surface area contributed by atoms with E-state index in [0.717, 1.165) is 6.42 Å². The minimum Gasteiger partial charge on any atom is -0.479 e. The molecule has 1 fully saturated rings. The zero-order valence-corrected chi connectivity index (χ0v) is 7.05. The van der Waals surface area contributed by atoms with Gasteiger partial charge in [0.25, 0.3) is 0 Å². The number of aliphatic carboxylic acids is 1. The van der Waals surface area contributed by atoms with Gasteiger partial charge in [0, 0.05) is 4.91 Å². The number of rotatable bonds is 2. The Morgan fingerprint density at radius 3 is 2.85 bits per heavy atom. The fourth-order valence-corrected chi connectivity index (χ4v) is 1.60. The van der Waals surface area contributed by atoms with Gasteiger partial charge in [0.2, 0.25) is 0 Å². The minimum absolute atomic E-state index is 0.159. The van der Waals surface area contributed by atoms with E-state index in [0.29, 0.717) is 12.8 Å². The number of hydrogen-bond acceptors (Lipinski definition) is 3. The predicted molar refractivity (Wildman–Crippen MR) is 44.0 cm³/mol. The van der Waals surface area contributed by atoms with Crippen LogP contribution in [-0.4, -0.2) is 27.8 Å². The van der Waals surface area contributed by atoms with Crippen molar-refractivity contribution in [1.29, 1.82) is 0 Å². The summed E-state index contributed by atoms with van der Waals surface area (Å²) in [5.74, 6) is -1.30. The van der Waals surface area contributed by atoms with Crippen molar-refractivity contribution >= 4 is 5.97 Å². The van der Waals surface area contributed by atoms with Gasteiger partial charge in [-0.3, -0.25) is 0 Å². The summed E-state index contributed by atoms with van der Waals surface area (Å²) < 4.78 is 0. The highest BCUT2D eigenvalue weighted by Crippen LogP contribution is 2.31. The smallest absolute Gasteiger partial charge is 0.336 e. The van der Waals surface area contributed by atoms with Gasteiger partial charge in [0.15, 0.2) is 5.60 Å². The molecule has 0 heterocycles. The largest absolute Gasteiger partial charge is 0.479 e. The number of nitrogens with zero attached hydrogens (tertiary/aromatic N) is 3. The van der Waals surface area contributed by atoms with Gasteiger partial charge < -0.3 is 10.2 Å². The highest BCUT2D eigenvalue weighted by molar-refractivity contribution is 5.78. The average Bonchev–Trinajstić information content (AvgIpc) is 2.09. The van der Waals surface area contributed by atoms with E-state index in [1.54, 1.807) is 0 Å². The molecule has 1 saturated carbocycles. The zero-order valence-electron chi connectivity index (χ0n) is 7.05. The first-order valence-corrected chi connectivity index (χ1v) is 4.11. The van der Waals surface area contributed by atoms with Crippen LogP contribution >= 0.6 is 0 Å². The van der Waals surface area contributed by atoms with Crippen molar-refractivity contribution in [2.24, 2.45) is 5.11 Å². The lowest BCUT2D eigenvalue weighted by atomic mass is 9.81. The second-order valence-corrected chi connectivity index (χ2v) is 3.20. The Kier molecular flexibility index (Phi) is 2.75. The third-order valence-electron chi connectivity index (χ3n) is 2.40. The summed E-state index contributed by atoms with van der Waals surface area (Å²) in [6.45, 7) is 0. The molecule has 0 aromatic carbocycles. The molecule has 0 aromatic heterocycles.